The van der Waals surface area contributed by atoms with Crippen molar-refractivity contribution in [1.82, 2.24) is 0 Å². The molecule has 2 aliphatic heterocycles. The lowest BCUT2D eigenvalue weighted by atomic mass is 10.0. The number of benzene rings is 2. The first-order valence-electron chi connectivity index (χ1n) is 8.58. The van der Waals surface area contributed by atoms with E-state index in [9.17, 15) is 9.59 Å². The highest BCUT2D eigenvalue weighted by atomic mass is 16.6. The van der Waals surface area contributed by atoms with E-state index in [1.165, 1.54) is 13.8 Å². The summed E-state index contributed by atoms with van der Waals surface area (Å²) in [6, 6.07) is 11.9. The van der Waals surface area contributed by atoms with Crippen LogP contribution in [-0.4, -0.2) is 36.6 Å². The van der Waals surface area contributed by atoms with Crippen LogP contribution in [0.5, 0.6) is 0 Å². The van der Waals surface area contributed by atoms with E-state index in [2.05, 4.69) is 10.3 Å². The molecule has 27 heavy (non-hydrogen) atoms. The summed E-state index contributed by atoms with van der Waals surface area (Å²) in [7, 11) is 0. The average Bonchev–Trinajstić information content (AvgIpc) is 2.63. The molecule has 0 saturated carbocycles. The Kier molecular flexibility index (Phi) is 4.27. The zero-order chi connectivity index (χ0) is 19.0. The molecule has 2 heterocycles. The standard InChI is InChI=1S/C20H18N2O5/c1-11(23)26-16-9-17(25-10-18(16)27-12(2)24)20-21-14-7-3-5-13-6-4-8-15(22-20)19(13)14/h3-9,16,18H,10H2,1-2H3,(H,21,22)/t16-,18-/m1/s1. The highest BCUT2D eigenvalue weighted by Gasteiger charge is 2.33. The van der Waals surface area contributed by atoms with Crippen LogP contribution in [0, 0.1) is 0 Å². The summed E-state index contributed by atoms with van der Waals surface area (Å²) in [4.78, 5) is 27.4. The summed E-state index contributed by atoms with van der Waals surface area (Å²) in [5, 5.41) is 5.39. The number of anilines is 1. The van der Waals surface area contributed by atoms with Crippen LogP contribution in [0.2, 0.25) is 0 Å². The van der Waals surface area contributed by atoms with E-state index in [0.29, 0.717) is 11.6 Å². The topological polar surface area (TPSA) is 86.2 Å². The van der Waals surface area contributed by atoms with E-state index in [1.54, 1.807) is 6.08 Å². The molecule has 7 heteroatoms. The molecule has 1 N–H and O–H groups in total. The number of hydrogen-bond acceptors (Lipinski definition) is 7. The van der Waals surface area contributed by atoms with Gasteiger partial charge in [-0.05, 0) is 17.5 Å². The van der Waals surface area contributed by atoms with Crippen molar-refractivity contribution in [2.24, 2.45) is 4.99 Å². The van der Waals surface area contributed by atoms with Gasteiger partial charge in [0.05, 0.1) is 5.69 Å². The van der Waals surface area contributed by atoms with Crippen LogP contribution < -0.4 is 5.32 Å². The molecule has 0 amide bonds. The minimum absolute atomic E-state index is 0.0654. The van der Waals surface area contributed by atoms with E-state index in [1.807, 2.05) is 36.4 Å². The maximum atomic E-state index is 11.4. The first-order valence-corrected chi connectivity index (χ1v) is 8.58. The Bertz CT molecular complexity index is 990. The monoisotopic (exact) mass is 366 g/mol. The molecule has 0 radical (unpaired) electrons. The Balaban J connectivity index is 1.69. The normalized spacial score (nSPS) is 20.7. The number of nitrogens with one attached hydrogen (secondary N) is 1. The summed E-state index contributed by atoms with van der Waals surface area (Å²) in [6.45, 7) is 2.67. The second-order valence-electron chi connectivity index (χ2n) is 6.33. The molecule has 2 atom stereocenters. The largest absolute Gasteiger partial charge is 0.486 e. The molecular weight excluding hydrogens is 348 g/mol. The average molecular weight is 366 g/mol. The molecule has 2 aromatic rings. The van der Waals surface area contributed by atoms with Crippen LogP contribution in [0.25, 0.3) is 10.8 Å². The lowest BCUT2D eigenvalue weighted by Gasteiger charge is -2.30. The summed E-state index contributed by atoms with van der Waals surface area (Å²) >= 11 is 0. The summed E-state index contributed by atoms with van der Waals surface area (Å²) in [5.41, 5.74) is 1.75. The Morgan fingerprint density at radius 3 is 2.59 bits per heavy atom. The van der Waals surface area contributed by atoms with Crippen LogP contribution in [0.3, 0.4) is 0 Å². The third-order valence-corrected chi connectivity index (χ3v) is 4.31. The predicted octanol–water partition coefficient (Wildman–Crippen LogP) is 3.07. The molecule has 0 aliphatic carbocycles. The highest BCUT2D eigenvalue weighted by Crippen LogP contribution is 2.36. The molecule has 0 saturated heterocycles. The molecule has 2 aliphatic rings. The minimum atomic E-state index is -0.743. The third kappa shape index (κ3) is 3.36. The van der Waals surface area contributed by atoms with Gasteiger partial charge in [0, 0.05) is 31.0 Å². The van der Waals surface area contributed by atoms with Crippen molar-refractivity contribution in [1.29, 1.82) is 0 Å². The van der Waals surface area contributed by atoms with Crippen molar-refractivity contribution in [3.05, 3.63) is 48.2 Å². The zero-order valence-electron chi connectivity index (χ0n) is 14.9. The number of nitrogens with zero attached hydrogens (tertiary/aromatic N) is 1. The minimum Gasteiger partial charge on any atom is -0.486 e. The molecule has 0 spiro atoms. The van der Waals surface area contributed by atoms with E-state index in [-0.39, 0.29) is 6.61 Å². The predicted molar refractivity (Wildman–Crippen MR) is 99.8 cm³/mol. The van der Waals surface area contributed by atoms with Crippen LogP contribution in [0.1, 0.15) is 13.8 Å². The van der Waals surface area contributed by atoms with Crippen molar-refractivity contribution in [2.45, 2.75) is 26.1 Å². The van der Waals surface area contributed by atoms with Crippen molar-refractivity contribution in [3.8, 4) is 0 Å². The van der Waals surface area contributed by atoms with E-state index >= 15 is 0 Å². The number of carbonyl (C=O) groups is 2. The molecule has 2 aromatic carbocycles. The van der Waals surface area contributed by atoms with Crippen molar-refractivity contribution >= 4 is 39.9 Å². The highest BCUT2D eigenvalue weighted by molar-refractivity contribution is 6.18. The zero-order valence-corrected chi connectivity index (χ0v) is 14.9. The SMILES string of the molecule is CC(=O)O[C@@H]1C=C(C2=Nc3cccc4cccc(c34)N2)OC[C@H]1OC(C)=O. The smallest absolute Gasteiger partial charge is 0.303 e. The number of amidine groups is 1. The molecule has 138 valence electrons. The number of rotatable bonds is 3. The van der Waals surface area contributed by atoms with Gasteiger partial charge in [-0.3, -0.25) is 9.59 Å². The molecule has 0 aromatic heterocycles. The second-order valence-corrected chi connectivity index (χ2v) is 6.33. The van der Waals surface area contributed by atoms with Gasteiger partial charge in [0.25, 0.3) is 0 Å². The van der Waals surface area contributed by atoms with Gasteiger partial charge < -0.3 is 19.5 Å². The first-order chi connectivity index (χ1) is 13.0. The molecule has 7 nitrogen and oxygen atoms in total. The Morgan fingerprint density at radius 1 is 1.11 bits per heavy atom. The van der Waals surface area contributed by atoms with Gasteiger partial charge in [0.1, 0.15) is 6.61 Å². The van der Waals surface area contributed by atoms with Crippen LogP contribution in [-0.2, 0) is 23.8 Å². The number of hydrogen-bond donors (Lipinski definition) is 1. The van der Waals surface area contributed by atoms with Crippen molar-refractivity contribution < 1.29 is 23.8 Å². The molecule has 0 fully saturated rings. The Morgan fingerprint density at radius 2 is 1.85 bits per heavy atom. The van der Waals surface area contributed by atoms with Crippen molar-refractivity contribution in [3.63, 3.8) is 0 Å². The van der Waals surface area contributed by atoms with Gasteiger partial charge in [0.15, 0.2) is 23.8 Å². The van der Waals surface area contributed by atoms with E-state index < -0.39 is 24.1 Å². The quantitative estimate of drug-likeness (QED) is 0.840. The van der Waals surface area contributed by atoms with Crippen LogP contribution >= 0.6 is 0 Å². The van der Waals surface area contributed by atoms with Gasteiger partial charge in [-0.1, -0.05) is 24.3 Å². The lowest BCUT2D eigenvalue weighted by Crippen LogP contribution is -2.41. The fourth-order valence-corrected chi connectivity index (χ4v) is 3.25. The van der Waals surface area contributed by atoms with Crippen molar-refractivity contribution in [2.75, 3.05) is 11.9 Å². The lowest BCUT2D eigenvalue weighted by molar-refractivity contribution is -0.166. The summed E-state index contributed by atoms with van der Waals surface area (Å²) in [6.07, 6.45) is 0.168. The van der Waals surface area contributed by atoms with Gasteiger partial charge in [-0.25, -0.2) is 4.99 Å². The number of aliphatic imine (C=N–C) groups is 1. The van der Waals surface area contributed by atoms with Gasteiger partial charge in [-0.2, -0.15) is 0 Å². The van der Waals surface area contributed by atoms with E-state index in [0.717, 1.165) is 22.1 Å². The van der Waals surface area contributed by atoms with Crippen LogP contribution in [0.15, 0.2) is 53.2 Å². The first kappa shape index (κ1) is 17.1. The number of carbonyl (C=O) groups excluding carboxylic acids is 2. The van der Waals surface area contributed by atoms with Crippen LogP contribution in [0.4, 0.5) is 11.4 Å². The number of ether oxygens (including phenoxy) is 3. The molecular formula is C20H18N2O5. The Hall–Kier alpha value is -3.35. The fourth-order valence-electron chi connectivity index (χ4n) is 3.25. The van der Waals surface area contributed by atoms with Gasteiger partial charge in [0.2, 0.25) is 0 Å². The maximum Gasteiger partial charge on any atom is 0.303 e. The van der Waals surface area contributed by atoms with E-state index in [4.69, 9.17) is 14.2 Å². The summed E-state index contributed by atoms with van der Waals surface area (Å²) < 4.78 is 16.2. The maximum absolute atomic E-state index is 11.4. The van der Waals surface area contributed by atoms with Gasteiger partial charge >= 0.3 is 11.9 Å². The Labute approximate surface area is 155 Å². The second kappa shape index (κ2) is 6.75. The molecule has 4 rings (SSSR count). The third-order valence-electron chi connectivity index (χ3n) is 4.31. The number of esters is 2. The molecule has 0 unspecified atom stereocenters. The van der Waals surface area contributed by atoms with Gasteiger partial charge in [-0.15, -0.1) is 0 Å². The summed E-state index contributed by atoms with van der Waals surface area (Å²) in [5.74, 6) is 0.0189. The molecule has 0 bridgehead atoms. The fraction of sp³-hybridized carbons (Fsp3) is 0.250.